The second kappa shape index (κ2) is 8.80. The van der Waals surface area contributed by atoms with Gasteiger partial charge in [0, 0.05) is 7.11 Å². The number of nitrogens with one attached hydrogen (secondary N) is 2. The summed E-state index contributed by atoms with van der Waals surface area (Å²) < 4.78 is 27.2. The van der Waals surface area contributed by atoms with E-state index in [9.17, 15) is 29.3 Å². The number of thiophene rings is 1. The number of aromatic nitrogens is 4. The zero-order chi connectivity index (χ0) is 23.0. The van der Waals surface area contributed by atoms with Crippen LogP contribution in [0, 0.1) is 0 Å². The Kier molecular flexibility index (Phi) is 6.24. The average Bonchev–Trinajstić information content (AvgIpc) is 3.48. The molecule has 5 atom stereocenters. The van der Waals surface area contributed by atoms with Crippen molar-refractivity contribution in [3.8, 4) is 0 Å². The third-order valence-electron chi connectivity index (χ3n) is 4.67. The second-order valence-corrected chi connectivity index (χ2v) is 9.17. The summed E-state index contributed by atoms with van der Waals surface area (Å²) in [6.07, 6.45) is -4.23. The maximum absolute atomic E-state index is 12.4. The Hall–Kier alpha value is -2.49. The highest BCUT2D eigenvalue weighted by Gasteiger charge is 2.45. The molecule has 2 unspecified atom stereocenters. The van der Waals surface area contributed by atoms with Crippen LogP contribution in [0.5, 0.6) is 0 Å². The van der Waals surface area contributed by atoms with Gasteiger partial charge in [-0.25, -0.2) is 14.3 Å². The van der Waals surface area contributed by atoms with Gasteiger partial charge < -0.3 is 25.2 Å². The summed E-state index contributed by atoms with van der Waals surface area (Å²) in [5, 5.41) is 25.0. The van der Waals surface area contributed by atoms with E-state index in [2.05, 4.69) is 24.8 Å². The van der Waals surface area contributed by atoms with Crippen molar-refractivity contribution in [1.82, 2.24) is 19.5 Å². The van der Waals surface area contributed by atoms with Crippen LogP contribution >= 0.6 is 19.2 Å². The molecule has 1 saturated heterocycles. The van der Waals surface area contributed by atoms with Crippen LogP contribution in [0.2, 0.25) is 0 Å². The molecule has 3 aromatic heterocycles. The zero-order valence-electron chi connectivity index (χ0n) is 16.3. The molecule has 16 heteroatoms. The van der Waals surface area contributed by atoms with Crippen LogP contribution in [0.4, 0.5) is 5.82 Å². The molecule has 32 heavy (non-hydrogen) atoms. The summed E-state index contributed by atoms with van der Waals surface area (Å²) in [6, 6.07) is 3.31. The lowest BCUT2D eigenvalue weighted by Gasteiger charge is -2.17. The van der Waals surface area contributed by atoms with Crippen molar-refractivity contribution in [1.29, 1.82) is 0 Å². The number of carbonyl (C=O) groups is 1. The SMILES string of the molecule is COP(=O)(O)OC[C@H]1O[C@@H](n2cnc3c(NC(=O)c4cccs4)[nH]c(=O)nc32)C(O)[C@@H]1O. The summed E-state index contributed by atoms with van der Waals surface area (Å²) in [7, 11) is -3.36. The van der Waals surface area contributed by atoms with Crippen molar-refractivity contribution in [2.45, 2.75) is 24.5 Å². The van der Waals surface area contributed by atoms with Crippen molar-refractivity contribution in [3.05, 3.63) is 39.2 Å². The summed E-state index contributed by atoms with van der Waals surface area (Å²) >= 11 is 1.21. The number of aliphatic hydroxyl groups excluding tert-OH is 2. The molecule has 0 aromatic carbocycles. The molecule has 4 heterocycles. The van der Waals surface area contributed by atoms with E-state index in [4.69, 9.17) is 9.26 Å². The molecule has 0 bridgehead atoms. The van der Waals surface area contributed by atoms with Gasteiger partial charge in [0.15, 0.2) is 11.9 Å². The topological polar surface area (TPSA) is 198 Å². The maximum atomic E-state index is 12.4. The summed E-state index contributed by atoms with van der Waals surface area (Å²) in [4.78, 5) is 44.6. The summed E-state index contributed by atoms with van der Waals surface area (Å²) in [5.41, 5.74) is -0.716. The molecule has 1 fully saturated rings. The number of imidazole rings is 1. The van der Waals surface area contributed by atoms with E-state index in [0.29, 0.717) is 4.88 Å². The third kappa shape index (κ3) is 4.37. The molecule has 0 radical (unpaired) electrons. The molecule has 0 spiro atoms. The van der Waals surface area contributed by atoms with E-state index in [1.165, 1.54) is 22.2 Å². The first-order valence-electron chi connectivity index (χ1n) is 9.06. The molecular weight excluding hydrogens is 469 g/mol. The number of anilines is 1. The zero-order valence-corrected chi connectivity index (χ0v) is 18.0. The average molecular weight is 487 g/mol. The number of H-pyrrole nitrogens is 1. The number of phosphoric acid groups is 1. The first-order valence-corrected chi connectivity index (χ1v) is 11.4. The lowest BCUT2D eigenvalue weighted by Crippen LogP contribution is -2.33. The minimum absolute atomic E-state index is 0.00798. The Bertz CT molecular complexity index is 1230. The number of rotatable bonds is 7. The van der Waals surface area contributed by atoms with Gasteiger partial charge in [-0.15, -0.1) is 11.3 Å². The highest BCUT2D eigenvalue weighted by Crippen LogP contribution is 2.43. The molecule has 4 rings (SSSR count). The largest absolute Gasteiger partial charge is 0.472 e. The predicted octanol–water partition coefficient (Wildman–Crippen LogP) is -0.184. The predicted molar refractivity (Wildman–Crippen MR) is 109 cm³/mol. The molecule has 3 aromatic rings. The monoisotopic (exact) mass is 487 g/mol. The Labute approximate surface area is 183 Å². The van der Waals surface area contributed by atoms with Gasteiger partial charge in [0.1, 0.15) is 29.6 Å². The van der Waals surface area contributed by atoms with Crippen LogP contribution in [0.1, 0.15) is 15.9 Å². The number of hydrogen-bond acceptors (Lipinski definition) is 11. The molecule has 172 valence electrons. The van der Waals surface area contributed by atoms with E-state index < -0.39 is 50.6 Å². The molecule has 14 nitrogen and oxygen atoms in total. The molecule has 1 aliphatic rings. The number of hydrogen-bond donors (Lipinski definition) is 5. The van der Waals surface area contributed by atoms with Gasteiger partial charge in [-0.1, -0.05) is 6.07 Å². The number of aromatic amines is 1. The van der Waals surface area contributed by atoms with E-state index in [1.807, 2.05) is 0 Å². The van der Waals surface area contributed by atoms with Gasteiger partial charge in [-0.2, -0.15) is 4.98 Å². The number of phosphoric ester groups is 1. The van der Waals surface area contributed by atoms with Crippen LogP contribution < -0.4 is 11.0 Å². The van der Waals surface area contributed by atoms with E-state index >= 15 is 0 Å². The van der Waals surface area contributed by atoms with Crippen LogP contribution in [0.25, 0.3) is 11.2 Å². The van der Waals surface area contributed by atoms with Crippen molar-refractivity contribution in [3.63, 3.8) is 0 Å². The van der Waals surface area contributed by atoms with Crippen molar-refractivity contribution >= 4 is 42.0 Å². The maximum Gasteiger partial charge on any atom is 0.472 e. The molecule has 0 saturated carbocycles. The van der Waals surface area contributed by atoms with Gasteiger partial charge in [0.05, 0.1) is 17.8 Å². The highest BCUT2D eigenvalue weighted by molar-refractivity contribution is 7.47. The second-order valence-electron chi connectivity index (χ2n) is 6.67. The van der Waals surface area contributed by atoms with Crippen molar-refractivity contribution in [2.75, 3.05) is 19.0 Å². The first kappa shape index (κ1) is 22.7. The fourth-order valence-corrected chi connectivity index (χ4v) is 4.17. The minimum Gasteiger partial charge on any atom is -0.387 e. The smallest absolute Gasteiger partial charge is 0.387 e. The standard InChI is InChI=1S/C16H18N5O9PS/c1-28-31(26,27)29-5-7-10(22)11(23)15(30-7)21-6-17-9-12(19-16(25)20-13(9)21)18-14(24)8-3-2-4-32-8/h2-4,6-7,10-11,15,22-23H,5H2,1H3,(H,26,27)(H2,18,19,20,24,25)/t7-,10-,11?,15-/m1/s1. The lowest BCUT2D eigenvalue weighted by atomic mass is 10.1. The van der Waals surface area contributed by atoms with Crippen LogP contribution in [-0.4, -0.2) is 72.6 Å². The number of carbonyl (C=O) groups excluding carboxylic acids is 1. The number of nitrogens with zero attached hydrogens (tertiary/aromatic N) is 3. The molecule has 5 N–H and O–H groups in total. The van der Waals surface area contributed by atoms with Crippen molar-refractivity contribution in [2.24, 2.45) is 0 Å². The number of aliphatic hydroxyl groups is 2. The van der Waals surface area contributed by atoms with Crippen molar-refractivity contribution < 1.29 is 38.3 Å². The number of amides is 1. The number of fused-ring (bicyclic) bond motifs is 1. The van der Waals surface area contributed by atoms with Crippen LogP contribution in [-0.2, 0) is 18.3 Å². The van der Waals surface area contributed by atoms with E-state index in [0.717, 1.165) is 7.11 Å². The van der Waals surface area contributed by atoms with Gasteiger partial charge >= 0.3 is 13.5 Å². The van der Waals surface area contributed by atoms with E-state index in [1.54, 1.807) is 17.5 Å². The Morgan fingerprint density at radius 1 is 1.44 bits per heavy atom. The molecule has 0 aliphatic carbocycles. The van der Waals surface area contributed by atoms with Gasteiger partial charge in [0.2, 0.25) is 0 Å². The van der Waals surface area contributed by atoms with Gasteiger partial charge in [-0.3, -0.25) is 23.4 Å². The molecule has 1 amide bonds. The summed E-state index contributed by atoms with van der Waals surface area (Å²) in [5.74, 6) is -0.472. The quantitative estimate of drug-likeness (QED) is 0.277. The lowest BCUT2D eigenvalue weighted by molar-refractivity contribution is -0.0509. The highest BCUT2D eigenvalue weighted by atomic mass is 32.1. The van der Waals surface area contributed by atoms with Crippen LogP contribution in [0.3, 0.4) is 0 Å². The third-order valence-corrected chi connectivity index (χ3v) is 6.48. The van der Waals surface area contributed by atoms with Gasteiger partial charge in [0.25, 0.3) is 5.91 Å². The fraction of sp³-hybridized carbons (Fsp3) is 0.375. The number of ether oxygens (including phenoxy) is 1. The van der Waals surface area contributed by atoms with E-state index in [-0.39, 0.29) is 17.0 Å². The molecular formula is C16H18N5O9PS. The Balaban J connectivity index is 1.61. The van der Waals surface area contributed by atoms with Crippen LogP contribution in [0.15, 0.2) is 28.6 Å². The van der Waals surface area contributed by atoms with Gasteiger partial charge in [-0.05, 0) is 11.4 Å². The minimum atomic E-state index is -4.33. The Morgan fingerprint density at radius 3 is 2.91 bits per heavy atom. The normalized spacial score (nSPS) is 25.1. The first-order chi connectivity index (χ1) is 15.2. The molecule has 1 aliphatic heterocycles. The summed E-state index contributed by atoms with van der Waals surface area (Å²) in [6.45, 7) is -0.556. The fourth-order valence-electron chi connectivity index (χ4n) is 3.11. The Morgan fingerprint density at radius 2 is 2.22 bits per heavy atom.